The molecule has 2 nitrogen and oxygen atoms in total. The van der Waals surface area contributed by atoms with Gasteiger partial charge in [0.25, 0.3) is 5.92 Å². The lowest BCUT2D eigenvalue weighted by atomic mass is 9.81. The van der Waals surface area contributed by atoms with Gasteiger partial charge in [-0.25, -0.2) is 8.78 Å². The Morgan fingerprint density at radius 2 is 2.08 bits per heavy atom. The Kier molecular flexibility index (Phi) is 1.31. The van der Waals surface area contributed by atoms with Gasteiger partial charge in [-0.2, -0.15) is 0 Å². The summed E-state index contributed by atoms with van der Waals surface area (Å²) in [5.74, 6) is -4.34. The molecule has 2 atom stereocenters. The van der Waals surface area contributed by atoms with Gasteiger partial charge in [0.05, 0.1) is 0 Å². The van der Waals surface area contributed by atoms with Crippen molar-refractivity contribution in [2.75, 3.05) is 0 Å². The number of carboxylic acid groups (broad SMARTS) is 1. The summed E-state index contributed by atoms with van der Waals surface area (Å²) in [7, 11) is 0. The summed E-state index contributed by atoms with van der Waals surface area (Å²) < 4.78 is 26.3. The first kappa shape index (κ1) is 7.95. The van der Waals surface area contributed by atoms with Crippen LogP contribution in [0.2, 0.25) is 0 Å². The number of hydrogen-bond donors (Lipinski definition) is 1. The minimum Gasteiger partial charge on any atom is -0.481 e. The number of hydrogen-bond acceptors (Lipinski definition) is 1. The van der Waals surface area contributed by atoms with E-state index in [0.29, 0.717) is 6.42 Å². The maximum absolute atomic E-state index is 13.2. The van der Waals surface area contributed by atoms with Crippen molar-refractivity contribution in [1.29, 1.82) is 0 Å². The molecule has 0 spiro atoms. The lowest BCUT2D eigenvalue weighted by molar-refractivity contribution is -0.174. The molecule has 2 saturated carbocycles. The fourth-order valence-electron chi connectivity index (χ4n) is 2.56. The fourth-order valence-corrected chi connectivity index (χ4v) is 2.56. The second kappa shape index (κ2) is 1.98. The third kappa shape index (κ3) is 0.704. The predicted octanol–water partition coefficient (Wildman–Crippen LogP) is 1.90. The lowest BCUT2D eigenvalue weighted by Gasteiger charge is -2.30. The van der Waals surface area contributed by atoms with E-state index >= 15 is 0 Å². The highest BCUT2D eigenvalue weighted by Crippen LogP contribution is 2.62. The van der Waals surface area contributed by atoms with Gasteiger partial charge in [0, 0.05) is 6.42 Å². The highest BCUT2D eigenvalue weighted by molar-refractivity contribution is 5.77. The van der Waals surface area contributed by atoms with E-state index in [1.165, 1.54) is 0 Å². The first-order chi connectivity index (χ1) is 5.48. The van der Waals surface area contributed by atoms with Crippen LogP contribution in [0.15, 0.2) is 0 Å². The smallest absolute Gasteiger partial charge is 0.315 e. The molecule has 2 fully saturated rings. The highest BCUT2D eigenvalue weighted by atomic mass is 19.3. The van der Waals surface area contributed by atoms with Gasteiger partial charge in [-0.1, -0.05) is 0 Å². The number of halogens is 2. The zero-order chi connectivity index (χ0) is 8.98. The van der Waals surface area contributed by atoms with Crippen molar-refractivity contribution in [3.63, 3.8) is 0 Å². The molecule has 1 N–H and O–H groups in total. The van der Waals surface area contributed by atoms with Gasteiger partial charge in [0.2, 0.25) is 0 Å². The zero-order valence-corrected chi connectivity index (χ0v) is 6.52. The van der Waals surface area contributed by atoms with Crippen LogP contribution in [0.25, 0.3) is 0 Å². The summed E-state index contributed by atoms with van der Waals surface area (Å²) in [4.78, 5) is 10.7. The van der Waals surface area contributed by atoms with Crippen LogP contribution in [0.1, 0.15) is 25.7 Å². The van der Waals surface area contributed by atoms with Gasteiger partial charge in [-0.3, -0.25) is 4.79 Å². The van der Waals surface area contributed by atoms with E-state index in [4.69, 9.17) is 5.11 Å². The molecule has 0 amide bonds. The quantitative estimate of drug-likeness (QED) is 0.662. The van der Waals surface area contributed by atoms with E-state index in [-0.39, 0.29) is 25.2 Å². The summed E-state index contributed by atoms with van der Waals surface area (Å²) in [6.45, 7) is 0. The minimum absolute atomic E-state index is 0.0592. The van der Waals surface area contributed by atoms with E-state index in [0.717, 1.165) is 0 Å². The monoisotopic (exact) mass is 176 g/mol. The van der Waals surface area contributed by atoms with E-state index in [1.54, 1.807) is 0 Å². The summed E-state index contributed by atoms with van der Waals surface area (Å²) in [5, 5.41) is 8.75. The van der Waals surface area contributed by atoms with Gasteiger partial charge in [0.15, 0.2) is 0 Å². The van der Waals surface area contributed by atoms with Crippen molar-refractivity contribution < 1.29 is 18.7 Å². The maximum Gasteiger partial charge on any atom is 0.315 e. The van der Waals surface area contributed by atoms with Crippen LogP contribution in [0, 0.1) is 11.3 Å². The molecule has 12 heavy (non-hydrogen) atoms. The molecule has 2 bridgehead atoms. The topological polar surface area (TPSA) is 37.3 Å². The lowest BCUT2D eigenvalue weighted by Crippen LogP contribution is -2.43. The first-order valence-corrected chi connectivity index (χ1v) is 4.09. The molecular formula is C8H10F2O2. The van der Waals surface area contributed by atoms with E-state index in [1.807, 2.05) is 0 Å². The summed E-state index contributed by atoms with van der Waals surface area (Å²) >= 11 is 0. The van der Waals surface area contributed by atoms with Crippen molar-refractivity contribution in [1.82, 2.24) is 0 Å². The van der Waals surface area contributed by atoms with Crippen molar-refractivity contribution in [3.8, 4) is 0 Å². The molecule has 0 aromatic rings. The normalized spacial score (nSPS) is 43.3. The molecule has 2 aliphatic rings. The molecule has 0 aromatic heterocycles. The molecule has 1 unspecified atom stereocenters. The SMILES string of the molecule is O=C(O)[C@]12CCC(CC1(F)F)C2. The van der Waals surface area contributed by atoms with Gasteiger partial charge in [-0.15, -0.1) is 0 Å². The zero-order valence-electron chi connectivity index (χ0n) is 6.52. The predicted molar refractivity (Wildman–Crippen MR) is 37.0 cm³/mol. The average molecular weight is 176 g/mol. The average Bonchev–Trinajstić information content (AvgIpc) is 2.40. The van der Waals surface area contributed by atoms with Gasteiger partial charge < -0.3 is 5.11 Å². The Morgan fingerprint density at radius 3 is 2.33 bits per heavy atom. The number of alkyl halides is 2. The van der Waals surface area contributed by atoms with Gasteiger partial charge in [0.1, 0.15) is 5.41 Å². The Labute approximate surface area is 68.6 Å². The molecule has 68 valence electrons. The van der Waals surface area contributed by atoms with Crippen molar-refractivity contribution in [3.05, 3.63) is 0 Å². The first-order valence-electron chi connectivity index (χ1n) is 4.09. The number of carboxylic acids is 1. The molecule has 0 radical (unpaired) electrons. The van der Waals surface area contributed by atoms with Crippen LogP contribution in [0.4, 0.5) is 8.78 Å². The number of rotatable bonds is 1. The van der Waals surface area contributed by atoms with E-state index < -0.39 is 17.3 Å². The second-order valence-electron chi connectivity index (χ2n) is 3.90. The van der Waals surface area contributed by atoms with Crippen LogP contribution in [0.3, 0.4) is 0 Å². The van der Waals surface area contributed by atoms with Gasteiger partial charge >= 0.3 is 5.97 Å². The Hall–Kier alpha value is -0.670. The Bertz CT molecular complexity index is 239. The summed E-state index contributed by atoms with van der Waals surface area (Å²) in [6.07, 6.45) is 0.760. The van der Waals surface area contributed by atoms with Crippen LogP contribution in [-0.4, -0.2) is 17.0 Å². The minimum atomic E-state index is -2.97. The molecule has 0 saturated heterocycles. The van der Waals surface area contributed by atoms with E-state index in [9.17, 15) is 13.6 Å². The molecule has 2 rings (SSSR count). The van der Waals surface area contributed by atoms with E-state index in [2.05, 4.69) is 0 Å². The molecular weight excluding hydrogens is 166 g/mol. The van der Waals surface area contributed by atoms with Crippen molar-refractivity contribution >= 4 is 5.97 Å². The van der Waals surface area contributed by atoms with Crippen LogP contribution in [0.5, 0.6) is 0 Å². The Morgan fingerprint density at radius 1 is 1.42 bits per heavy atom. The molecule has 0 heterocycles. The molecule has 0 aliphatic heterocycles. The summed E-state index contributed by atoms with van der Waals surface area (Å²) in [5.41, 5.74) is -1.71. The molecule has 0 aromatic carbocycles. The number of fused-ring (bicyclic) bond motifs is 2. The van der Waals surface area contributed by atoms with Crippen LogP contribution in [-0.2, 0) is 4.79 Å². The molecule has 2 aliphatic carbocycles. The number of carbonyl (C=O) groups is 1. The van der Waals surface area contributed by atoms with Gasteiger partial charge in [-0.05, 0) is 25.2 Å². The van der Waals surface area contributed by atoms with Crippen molar-refractivity contribution in [2.24, 2.45) is 11.3 Å². The third-order valence-electron chi connectivity index (χ3n) is 3.27. The fraction of sp³-hybridized carbons (Fsp3) is 0.875. The summed E-state index contributed by atoms with van der Waals surface area (Å²) in [6, 6.07) is 0. The standard InChI is InChI=1S/C8H10F2O2/c9-8(10)4-5-1-2-7(8,3-5)6(11)12/h5H,1-4H2,(H,11,12)/t5?,7-/m1/s1. The van der Waals surface area contributed by atoms with Crippen molar-refractivity contribution in [2.45, 2.75) is 31.6 Å². The number of aliphatic carboxylic acids is 1. The second-order valence-corrected chi connectivity index (χ2v) is 3.90. The Balaban J connectivity index is 2.39. The molecule has 4 heteroatoms. The maximum atomic E-state index is 13.2. The highest BCUT2D eigenvalue weighted by Gasteiger charge is 2.68. The van der Waals surface area contributed by atoms with Crippen LogP contribution < -0.4 is 0 Å². The third-order valence-corrected chi connectivity index (χ3v) is 3.27. The largest absolute Gasteiger partial charge is 0.481 e. The van der Waals surface area contributed by atoms with Crippen LogP contribution >= 0.6 is 0 Å².